The molecule has 1 heterocycles. The highest BCUT2D eigenvalue weighted by atomic mass is 16.6. The summed E-state index contributed by atoms with van der Waals surface area (Å²) in [5, 5.41) is 3.59. The number of hydrogen-bond acceptors (Lipinski definition) is 4. The first-order valence-electron chi connectivity index (χ1n) is 14.3. The molecule has 0 spiro atoms. The fraction of sp³-hybridized carbons (Fsp3) is 0.286. The number of anilines is 1. The van der Waals surface area contributed by atoms with Gasteiger partial charge in [0.25, 0.3) is 0 Å². The van der Waals surface area contributed by atoms with Gasteiger partial charge in [0.05, 0.1) is 0 Å². The lowest BCUT2D eigenvalue weighted by Gasteiger charge is -2.34. The molecule has 1 atom stereocenters. The number of ether oxygens (including phenoxy) is 1. The number of para-hydroxylation sites is 1. The molecule has 0 saturated carbocycles. The Kier molecular flexibility index (Phi) is 9.85. The molecule has 1 aliphatic rings. The highest BCUT2D eigenvalue weighted by Gasteiger charge is 2.26. The summed E-state index contributed by atoms with van der Waals surface area (Å²) < 4.78 is 6.05. The highest BCUT2D eigenvalue weighted by molar-refractivity contribution is 5.67. The summed E-state index contributed by atoms with van der Waals surface area (Å²) in [5.41, 5.74) is 4.86. The van der Waals surface area contributed by atoms with E-state index in [1.807, 2.05) is 41.3 Å². The number of carbonyl (C=O) groups excluding carboxylic acids is 1. The molecule has 1 amide bonds. The average molecular weight is 534 g/mol. The first-order chi connectivity index (χ1) is 19.7. The van der Waals surface area contributed by atoms with Crippen LogP contribution in [0.4, 0.5) is 10.5 Å². The minimum Gasteiger partial charge on any atom is -0.448 e. The Balaban J connectivity index is 1.25. The zero-order valence-corrected chi connectivity index (χ0v) is 23.1. The van der Waals surface area contributed by atoms with Gasteiger partial charge < -0.3 is 15.0 Å². The summed E-state index contributed by atoms with van der Waals surface area (Å²) in [6.07, 6.45) is 2.41. The molecule has 5 rings (SSSR count). The van der Waals surface area contributed by atoms with Crippen molar-refractivity contribution in [2.24, 2.45) is 0 Å². The Hall–Kier alpha value is -4.09. The van der Waals surface area contributed by atoms with E-state index in [9.17, 15) is 4.79 Å². The lowest BCUT2D eigenvalue weighted by atomic mass is 10.0. The molecule has 4 aromatic rings. The molecule has 0 aliphatic carbocycles. The fourth-order valence-corrected chi connectivity index (χ4v) is 5.36. The van der Waals surface area contributed by atoms with Gasteiger partial charge in [-0.25, -0.2) is 4.79 Å². The van der Waals surface area contributed by atoms with Gasteiger partial charge in [-0.15, -0.1) is 0 Å². The van der Waals surface area contributed by atoms with Crippen LogP contribution in [0, 0.1) is 0 Å². The Morgan fingerprint density at radius 2 is 1.20 bits per heavy atom. The fourth-order valence-electron chi connectivity index (χ4n) is 5.36. The SMILES string of the molecule is O=C(OC[C@@H](Cc1ccccc1)N(Cc1ccccc1)Cc1ccccc1)N1CCC(Nc2ccccc2)CC1. The van der Waals surface area contributed by atoms with Crippen LogP contribution in [0.15, 0.2) is 121 Å². The molecule has 1 saturated heterocycles. The van der Waals surface area contributed by atoms with E-state index in [2.05, 4.69) is 95.1 Å². The van der Waals surface area contributed by atoms with E-state index in [4.69, 9.17) is 4.74 Å². The summed E-state index contributed by atoms with van der Waals surface area (Å²) in [7, 11) is 0. The van der Waals surface area contributed by atoms with Crippen LogP contribution in [0.3, 0.4) is 0 Å². The highest BCUT2D eigenvalue weighted by Crippen LogP contribution is 2.20. The standard InChI is InChI=1S/C35H39N3O2/c39-35(37-23-21-33(22-24-37)36-32-19-11-4-12-20-32)40-28-34(25-29-13-5-1-6-14-29)38(26-30-15-7-2-8-16-30)27-31-17-9-3-10-18-31/h1-20,33-34,36H,21-28H2/t34-/m1/s1. The molecule has 5 heteroatoms. The normalized spacial score (nSPS) is 14.6. The molecular formula is C35H39N3O2. The van der Waals surface area contributed by atoms with E-state index < -0.39 is 0 Å². The Morgan fingerprint density at radius 1 is 0.725 bits per heavy atom. The van der Waals surface area contributed by atoms with Crippen LogP contribution in [-0.4, -0.2) is 47.7 Å². The number of hydrogen-bond donors (Lipinski definition) is 1. The Labute approximate surface area is 238 Å². The van der Waals surface area contributed by atoms with Gasteiger partial charge >= 0.3 is 6.09 Å². The third kappa shape index (κ3) is 8.20. The van der Waals surface area contributed by atoms with Crippen LogP contribution in [0.25, 0.3) is 0 Å². The van der Waals surface area contributed by atoms with Crippen LogP contribution in [0.1, 0.15) is 29.5 Å². The molecule has 0 unspecified atom stereocenters. The van der Waals surface area contributed by atoms with E-state index >= 15 is 0 Å². The maximum Gasteiger partial charge on any atom is 0.409 e. The molecule has 5 nitrogen and oxygen atoms in total. The first-order valence-corrected chi connectivity index (χ1v) is 14.3. The second-order valence-electron chi connectivity index (χ2n) is 10.6. The predicted molar refractivity (Wildman–Crippen MR) is 162 cm³/mol. The van der Waals surface area contributed by atoms with Gasteiger partial charge in [0.15, 0.2) is 0 Å². The van der Waals surface area contributed by atoms with E-state index in [-0.39, 0.29) is 12.1 Å². The van der Waals surface area contributed by atoms with Crippen LogP contribution < -0.4 is 5.32 Å². The molecule has 0 aromatic heterocycles. The van der Waals surface area contributed by atoms with Crippen molar-refractivity contribution in [3.8, 4) is 0 Å². The molecule has 206 valence electrons. The molecule has 40 heavy (non-hydrogen) atoms. The number of piperidine rings is 1. The monoisotopic (exact) mass is 533 g/mol. The number of nitrogens with zero attached hydrogens (tertiary/aromatic N) is 2. The lowest BCUT2D eigenvalue weighted by molar-refractivity contribution is 0.0543. The van der Waals surface area contributed by atoms with Crippen molar-refractivity contribution in [1.29, 1.82) is 0 Å². The molecular weight excluding hydrogens is 494 g/mol. The van der Waals surface area contributed by atoms with Crippen LogP contribution in [-0.2, 0) is 24.2 Å². The maximum atomic E-state index is 13.2. The quantitative estimate of drug-likeness (QED) is 0.225. The maximum absolute atomic E-state index is 13.2. The van der Waals surface area contributed by atoms with Crippen molar-refractivity contribution in [3.05, 3.63) is 138 Å². The van der Waals surface area contributed by atoms with E-state index in [1.165, 1.54) is 16.7 Å². The number of nitrogens with one attached hydrogen (secondary N) is 1. The summed E-state index contributed by atoms with van der Waals surface area (Å²) in [6, 6.07) is 42.3. The number of benzene rings is 4. The summed E-state index contributed by atoms with van der Waals surface area (Å²) in [5.74, 6) is 0. The van der Waals surface area contributed by atoms with Crippen molar-refractivity contribution in [3.63, 3.8) is 0 Å². The van der Waals surface area contributed by atoms with Crippen LogP contribution >= 0.6 is 0 Å². The predicted octanol–water partition coefficient (Wildman–Crippen LogP) is 7.01. The van der Waals surface area contributed by atoms with Crippen LogP contribution in [0.2, 0.25) is 0 Å². The van der Waals surface area contributed by atoms with Gasteiger partial charge in [-0.2, -0.15) is 0 Å². The zero-order chi connectivity index (χ0) is 27.4. The third-order valence-electron chi connectivity index (χ3n) is 7.58. The van der Waals surface area contributed by atoms with Gasteiger partial charge in [0, 0.05) is 44.0 Å². The Morgan fingerprint density at radius 3 is 1.73 bits per heavy atom. The minimum atomic E-state index is -0.212. The average Bonchev–Trinajstić information content (AvgIpc) is 3.01. The minimum absolute atomic E-state index is 0.0315. The van der Waals surface area contributed by atoms with Gasteiger partial charge in [-0.05, 0) is 48.1 Å². The second-order valence-corrected chi connectivity index (χ2v) is 10.6. The van der Waals surface area contributed by atoms with Crippen LogP contribution in [0.5, 0.6) is 0 Å². The van der Waals surface area contributed by atoms with Crippen molar-refractivity contribution in [2.45, 2.75) is 44.4 Å². The van der Waals surface area contributed by atoms with Crippen molar-refractivity contribution < 1.29 is 9.53 Å². The number of likely N-dealkylation sites (tertiary alicyclic amines) is 1. The second kappa shape index (κ2) is 14.3. The summed E-state index contributed by atoms with van der Waals surface area (Å²) >= 11 is 0. The van der Waals surface area contributed by atoms with Crippen molar-refractivity contribution >= 4 is 11.8 Å². The van der Waals surface area contributed by atoms with Gasteiger partial charge in [0.1, 0.15) is 6.61 Å². The number of carbonyl (C=O) groups is 1. The smallest absolute Gasteiger partial charge is 0.409 e. The topological polar surface area (TPSA) is 44.8 Å². The van der Waals surface area contributed by atoms with Gasteiger partial charge in [0.2, 0.25) is 0 Å². The molecule has 0 radical (unpaired) electrons. The van der Waals surface area contributed by atoms with Gasteiger partial charge in [-0.1, -0.05) is 109 Å². The summed E-state index contributed by atoms with van der Waals surface area (Å²) in [4.78, 5) is 17.5. The number of rotatable bonds is 11. The first kappa shape index (κ1) is 27.5. The Bertz CT molecular complexity index is 1240. The van der Waals surface area contributed by atoms with E-state index in [0.29, 0.717) is 25.7 Å². The summed E-state index contributed by atoms with van der Waals surface area (Å²) in [6.45, 7) is 3.30. The third-order valence-corrected chi connectivity index (χ3v) is 7.58. The number of amides is 1. The molecule has 0 bridgehead atoms. The van der Waals surface area contributed by atoms with Gasteiger partial charge in [-0.3, -0.25) is 4.90 Å². The van der Waals surface area contributed by atoms with E-state index in [1.54, 1.807) is 0 Å². The van der Waals surface area contributed by atoms with E-state index in [0.717, 1.165) is 38.0 Å². The molecule has 1 aliphatic heterocycles. The molecule has 1 fully saturated rings. The molecule has 1 N–H and O–H groups in total. The molecule has 4 aromatic carbocycles. The van der Waals surface area contributed by atoms with Crippen molar-refractivity contribution in [2.75, 3.05) is 25.0 Å². The zero-order valence-electron chi connectivity index (χ0n) is 23.1. The lowest BCUT2D eigenvalue weighted by Crippen LogP contribution is -2.45. The van der Waals surface area contributed by atoms with Crippen molar-refractivity contribution in [1.82, 2.24) is 9.80 Å². The largest absolute Gasteiger partial charge is 0.448 e.